The molecule has 0 atom stereocenters. The van der Waals surface area contributed by atoms with Gasteiger partial charge in [0.15, 0.2) is 0 Å². The molecule has 0 radical (unpaired) electrons. The highest BCUT2D eigenvalue weighted by atomic mass is 15.1. The Bertz CT molecular complexity index is 587. The van der Waals surface area contributed by atoms with E-state index >= 15 is 0 Å². The zero-order valence-electron chi connectivity index (χ0n) is 11.5. The van der Waals surface area contributed by atoms with Gasteiger partial charge < -0.3 is 5.73 Å². The average molecular weight is 265 g/mol. The van der Waals surface area contributed by atoms with Crippen LogP contribution in [0.2, 0.25) is 0 Å². The number of hydrogen-bond donors (Lipinski definition) is 1. The van der Waals surface area contributed by atoms with E-state index in [1.54, 1.807) is 6.20 Å². The topological polar surface area (TPSA) is 42.1 Å². The molecule has 1 aromatic carbocycles. The average Bonchev–Trinajstić information content (AvgIpc) is 2.50. The van der Waals surface area contributed by atoms with Crippen LogP contribution in [-0.4, -0.2) is 23.0 Å². The predicted octanol–water partition coefficient (Wildman–Crippen LogP) is 2.95. The third-order valence-corrected chi connectivity index (χ3v) is 3.66. The molecule has 0 amide bonds. The van der Waals surface area contributed by atoms with E-state index in [2.05, 4.69) is 46.3 Å². The Morgan fingerprint density at radius 3 is 2.60 bits per heavy atom. The fourth-order valence-corrected chi connectivity index (χ4v) is 2.52. The van der Waals surface area contributed by atoms with E-state index in [4.69, 9.17) is 5.73 Å². The molecule has 2 aromatic rings. The Morgan fingerprint density at radius 1 is 1.10 bits per heavy atom. The second-order valence-corrected chi connectivity index (χ2v) is 5.18. The summed E-state index contributed by atoms with van der Waals surface area (Å²) >= 11 is 0. The summed E-state index contributed by atoms with van der Waals surface area (Å²) in [6.07, 6.45) is 5.06. The molecule has 3 rings (SSSR count). The maximum atomic E-state index is 5.67. The van der Waals surface area contributed by atoms with Crippen molar-refractivity contribution >= 4 is 11.3 Å². The van der Waals surface area contributed by atoms with Crippen molar-refractivity contribution in [3.05, 3.63) is 66.0 Å². The quantitative estimate of drug-likeness (QED) is 0.927. The predicted molar refractivity (Wildman–Crippen MR) is 83.0 cm³/mol. The third-order valence-electron chi connectivity index (χ3n) is 3.66. The molecule has 3 nitrogen and oxygen atoms in total. The van der Waals surface area contributed by atoms with Gasteiger partial charge in [-0.25, -0.2) is 0 Å². The fraction of sp³-hybridized carbons (Fsp3) is 0.235. The van der Waals surface area contributed by atoms with Crippen LogP contribution in [0.3, 0.4) is 0 Å². The van der Waals surface area contributed by atoms with Crippen molar-refractivity contribution in [2.45, 2.75) is 13.0 Å². The number of benzene rings is 1. The van der Waals surface area contributed by atoms with Gasteiger partial charge in [-0.3, -0.25) is 9.88 Å². The number of anilines is 1. The molecule has 2 N–H and O–H groups in total. The molecule has 0 fully saturated rings. The highest BCUT2D eigenvalue weighted by molar-refractivity contribution is 5.64. The van der Waals surface area contributed by atoms with Crippen molar-refractivity contribution in [3.8, 4) is 0 Å². The van der Waals surface area contributed by atoms with Crippen LogP contribution in [0.5, 0.6) is 0 Å². The van der Waals surface area contributed by atoms with Crippen molar-refractivity contribution in [1.29, 1.82) is 0 Å². The monoisotopic (exact) mass is 265 g/mol. The van der Waals surface area contributed by atoms with Gasteiger partial charge in [-0.2, -0.15) is 0 Å². The largest absolute Gasteiger partial charge is 0.397 e. The van der Waals surface area contributed by atoms with Gasteiger partial charge in [-0.05, 0) is 29.7 Å². The molecule has 102 valence electrons. The molecule has 0 aliphatic carbocycles. The molecule has 0 saturated carbocycles. The van der Waals surface area contributed by atoms with E-state index < -0.39 is 0 Å². The summed E-state index contributed by atoms with van der Waals surface area (Å²) in [4.78, 5) is 6.85. The first-order chi connectivity index (χ1) is 9.81. The lowest BCUT2D eigenvalue weighted by Crippen LogP contribution is -2.28. The Hall–Kier alpha value is -2.13. The summed E-state index contributed by atoms with van der Waals surface area (Å²) in [7, 11) is 0. The van der Waals surface area contributed by atoms with Gasteiger partial charge in [0.05, 0.1) is 17.6 Å². The van der Waals surface area contributed by atoms with Crippen LogP contribution < -0.4 is 5.73 Å². The second kappa shape index (κ2) is 5.88. The fourth-order valence-electron chi connectivity index (χ4n) is 2.52. The Kier molecular flexibility index (Phi) is 3.79. The van der Waals surface area contributed by atoms with Gasteiger partial charge in [0.2, 0.25) is 0 Å². The van der Waals surface area contributed by atoms with Gasteiger partial charge in [0.25, 0.3) is 0 Å². The molecule has 20 heavy (non-hydrogen) atoms. The first-order valence-electron chi connectivity index (χ1n) is 6.98. The summed E-state index contributed by atoms with van der Waals surface area (Å²) in [6.45, 7) is 3.07. The highest BCUT2D eigenvalue weighted by Gasteiger charge is 2.13. The van der Waals surface area contributed by atoms with Crippen LogP contribution >= 0.6 is 0 Å². The summed E-state index contributed by atoms with van der Waals surface area (Å²) < 4.78 is 0. The minimum absolute atomic E-state index is 0.718. The SMILES string of the molecule is Nc1ccc(C2=CCN(Cc3ccccc3)CC2)nc1. The Balaban J connectivity index is 1.64. The molecular weight excluding hydrogens is 246 g/mol. The highest BCUT2D eigenvalue weighted by Crippen LogP contribution is 2.22. The number of rotatable bonds is 3. The number of nitrogens with zero attached hydrogens (tertiary/aromatic N) is 2. The number of nitrogens with two attached hydrogens (primary N) is 1. The van der Waals surface area contributed by atoms with Gasteiger partial charge in [0.1, 0.15) is 0 Å². The van der Waals surface area contributed by atoms with Gasteiger partial charge >= 0.3 is 0 Å². The molecule has 0 spiro atoms. The summed E-state index contributed by atoms with van der Waals surface area (Å²) in [5, 5.41) is 0. The van der Waals surface area contributed by atoms with E-state index in [-0.39, 0.29) is 0 Å². The van der Waals surface area contributed by atoms with E-state index in [1.807, 2.05) is 12.1 Å². The minimum Gasteiger partial charge on any atom is -0.397 e. The van der Waals surface area contributed by atoms with Crippen molar-refractivity contribution in [1.82, 2.24) is 9.88 Å². The molecule has 0 unspecified atom stereocenters. The molecule has 1 aliphatic heterocycles. The summed E-state index contributed by atoms with van der Waals surface area (Å²) in [5.41, 5.74) is 10.1. The minimum atomic E-state index is 0.718. The number of nitrogen functional groups attached to an aromatic ring is 1. The van der Waals surface area contributed by atoms with Gasteiger partial charge in [0, 0.05) is 19.6 Å². The maximum absolute atomic E-state index is 5.67. The van der Waals surface area contributed by atoms with Gasteiger partial charge in [-0.1, -0.05) is 36.4 Å². The standard InChI is InChI=1S/C17H19N3/c18-16-6-7-17(19-12-16)15-8-10-20(11-9-15)13-14-4-2-1-3-5-14/h1-8,12H,9-11,13,18H2. The first-order valence-corrected chi connectivity index (χ1v) is 6.98. The first kappa shape index (κ1) is 12.9. The Morgan fingerprint density at radius 2 is 1.95 bits per heavy atom. The Labute approximate surface area is 119 Å². The van der Waals surface area contributed by atoms with Crippen LogP contribution in [0.4, 0.5) is 5.69 Å². The normalized spacial score (nSPS) is 15.9. The molecular formula is C17H19N3. The van der Waals surface area contributed by atoms with Crippen LogP contribution in [0.15, 0.2) is 54.7 Å². The van der Waals surface area contributed by atoms with Crippen LogP contribution in [0.1, 0.15) is 17.7 Å². The van der Waals surface area contributed by atoms with Crippen LogP contribution in [-0.2, 0) is 6.54 Å². The molecule has 2 heterocycles. The van der Waals surface area contributed by atoms with Gasteiger partial charge in [-0.15, -0.1) is 0 Å². The van der Waals surface area contributed by atoms with E-state index in [1.165, 1.54) is 11.1 Å². The summed E-state index contributed by atoms with van der Waals surface area (Å²) in [6, 6.07) is 14.5. The number of pyridine rings is 1. The maximum Gasteiger partial charge on any atom is 0.0661 e. The van der Waals surface area contributed by atoms with E-state index in [0.29, 0.717) is 0 Å². The molecule has 1 aromatic heterocycles. The van der Waals surface area contributed by atoms with Crippen molar-refractivity contribution < 1.29 is 0 Å². The van der Waals surface area contributed by atoms with Crippen LogP contribution in [0.25, 0.3) is 5.57 Å². The smallest absolute Gasteiger partial charge is 0.0661 e. The molecule has 1 aliphatic rings. The number of hydrogen-bond acceptors (Lipinski definition) is 3. The van der Waals surface area contributed by atoms with Crippen LogP contribution in [0, 0.1) is 0 Å². The van der Waals surface area contributed by atoms with Crippen molar-refractivity contribution in [2.75, 3.05) is 18.8 Å². The lowest BCUT2D eigenvalue weighted by atomic mass is 10.0. The zero-order chi connectivity index (χ0) is 13.8. The lowest BCUT2D eigenvalue weighted by molar-refractivity contribution is 0.294. The second-order valence-electron chi connectivity index (χ2n) is 5.18. The molecule has 0 saturated heterocycles. The molecule has 3 heteroatoms. The van der Waals surface area contributed by atoms with Crippen molar-refractivity contribution in [3.63, 3.8) is 0 Å². The zero-order valence-corrected chi connectivity index (χ0v) is 11.5. The van der Waals surface area contributed by atoms with Crippen molar-refractivity contribution in [2.24, 2.45) is 0 Å². The lowest BCUT2D eigenvalue weighted by Gasteiger charge is -2.26. The summed E-state index contributed by atoms with van der Waals surface area (Å²) in [5.74, 6) is 0. The molecule has 0 bridgehead atoms. The number of aromatic nitrogens is 1. The van der Waals surface area contributed by atoms with E-state index in [9.17, 15) is 0 Å². The third kappa shape index (κ3) is 3.06. The van der Waals surface area contributed by atoms with E-state index in [0.717, 1.165) is 37.4 Å².